The predicted octanol–water partition coefficient (Wildman–Crippen LogP) is 5.61. The van der Waals surface area contributed by atoms with Gasteiger partial charge in [-0.3, -0.25) is 0 Å². The lowest BCUT2D eigenvalue weighted by Crippen LogP contribution is -2.21. The standard InChI is InChI=1S/C18H19Cl2N/c1-2-14-12-21(18-7-5-3-4-6-15(14)18)11-13-8-9-16(19)17(20)10-13/h3-5,7-10,14H,2,6,11-12H2,1H3. The molecule has 0 N–H and O–H groups in total. The Hall–Kier alpha value is -1.18. The quantitative estimate of drug-likeness (QED) is 0.700. The molecular weight excluding hydrogens is 301 g/mol. The summed E-state index contributed by atoms with van der Waals surface area (Å²) in [7, 11) is 0. The molecule has 110 valence electrons. The first-order valence-corrected chi connectivity index (χ1v) is 8.19. The average Bonchev–Trinajstić information content (AvgIpc) is 2.65. The number of nitrogens with zero attached hydrogens (tertiary/aromatic N) is 1. The molecule has 0 spiro atoms. The van der Waals surface area contributed by atoms with E-state index in [4.69, 9.17) is 23.2 Å². The van der Waals surface area contributed by atoms with Crippen LogP contribution in [0.4, 0.5) is 0 Å². The van der Waals surface area contributed by atoms with E-state index in [9.17, 15) is 0 Å². The predicted molar refractivity (Wildman–Crippen MR) is 90.6 cm³/mol. The van der Waals surface area contributed by atoms with E-state index >= 15 is 0 Å². The molecule has 1 atom stereocenters. The summed E-state index contributed by atoms with van der Waals surface area (Å²) < 4.78 is 0. The Morgan fingerprint density at radius 1 is 1.19 bits per heavy atom. The van der Waals surface area contributed by atoms with Crippen molar-refractivity contribution < 1.29 is 0 Å². The molecule has 1 aromatic carbocycles. The maximum Gasteiger partial charge on any atom is 0.0595 e. The highest BCUT2D eigenvalue weighted by atomic mass is 35.5. The summed E-state index contributed by atoms with van der Waals surface area (Å²) in [4.78, 5) is 2.46. The van der Waals surface area contributed by atoms with Crippen molar-refractivity contribution in [2.45, 2.75) is 26.3 Å². The molecule has 1 heterocycles. The number of allylic oxidation sites excluding steroid dienone is 4. The summed E-state index contributed by atoms with van der Waals surface area (Å²) in [5.41, 5.74) is 4.17. The number of benzene rings is 1. The van der Waals surface area contributed by atoms with E-state index in [0.717, 1.165) is 19.5 Å². The first-order chi connectivity index (χ1) is 10.2. The highest BCUT2D eigenvalue weighted by molar-refractivity contribution is 6.42. The molecule has 0 amide bonds. The smallest absolute Gasteiger partial charge is 0.0595 e. The van der Waals surface area contributed by atoms with E-state index < -0.39 is 0 Å². The minimum absolute atomic E-state index is 0.617. The second kappa shape index (κ2) is 6.29. The second-order valence-corrected chi connectivity index (χ2v) is 6.45. The molecule has 0 saturated carbocycles. The highest BCUT2D eigenvalue weighted by Crippen LogP contribution is 2.36. The summed E-state index contributed by atoms with van der Waals surface area (Å²) in [5.74, 6) is 0.662. The van der Waals surface area contributed by atoms with Crippen molar-refractivity contribution in [3.63, 3.8) is 0 Å². The van der Waals surface area contributed by atoms with Gasteiger partial charge < -0.3 is 4.90 Å². The number of hydrogen-bond acceptors (Lipinski definition) is 1. The zero-order valence-electron chi connectivity index (χ0n) is 12.2. The topological polar surface area (TPSA) is 3.24 Å². The third-order valence-corrected chi connectivity index (χ3v) is 5.03. The van der Waals surface area contributed by atoms with Gasteiger partial charge in [-0.25, -0.2) is 0 Å². The van der Waals surface area contributed by atoms with Crippen molar-refractivity contribution in [1.82, 2.24) is 4.90 Å². The van der Waals surface area contributed by atoms with E-state index in [2.05, 4.69) is 42.2 Å². The Morgan fingerprint density at radius 3 is 2.81 bits per heavy atom. The molecular formula is C18H19Cl2N. The molecule has 1 aliphatic carbocycles. The van der Waals surface area contributed by atoms with Crippen LogP contribution in [-0.2, 0) is 6.54 Å². The SMILES string of the molecule is CCC1CN(Cc2ccc(Cl)c(Cl)c2)C2=C1CC=CC=C2. The van der Waals surface area contributed by atoms with Crippen molar-refractivity contribution in [1.29, 1.82) is 0 Å². The van der Waals surface area contributed by atoms with Crippen molar-refractivity contribution in [3.8, 4) is 0 Å². The number of halogens is 2. The Bertz CT molecular complexity index is 628. The largest absolute Gasteiger partial charge is 0.367 e. The Kier molecular flexibility index (Phi) is 4.42. The normalized spacial score (nSPS) is 20.9. The monoisotopic (exact) mass is 319 g/mol. The van der Waals surface area contributed by atoms with Crippen molar-refractivity contribution in [2.75, 3.05) is 6.54 Å². The zero-order valence-corrected chi connectivity index (χ0v) is 13.7. The van der Waals surface area contributed by atoms with Crippen LogP contribution in [0, 0.1) is 5.92 Å². The average molecular weight is 320 g/mol. The molecule has 2 aliphatic rings. The van der Waals surface area contributed by atoms with Gasteiger partial charge >= 0.3 is 0 Å². The Balaban J connectivity index is 1.85. The maximum absolute atomic E-state index is 6.13. The Morgan fingerprint density at radius 2 is 2.05 bits per heavy atom. The molecule has 1 unspecified atom stereocenters. The van der Waals surface area contributed by atoms with Gasteiger partial charge in [0.15, 0.2) is 0 Å². The molecule has 0 aromatic heterocycles. The fraction of sp³-hybridized carbons (Fsp3) is 0.333. The van der Waals surface area contributed by atoms with Gasteiger partial charge in [0.25, 0.3) is 0 Å². The van der Waals surface area contributed by atoms with E-state index in [1.807, 2.05) is 12.1 Å². The highest BCUT2D eigenvalue weighted by Gasteiger charge is 2.28. The van der Waals surface area contributed by atoms with Crippen LogP contribution in [0.1, 0.15) is 25.3 Å². The van der Waals surface area contributed by atoms with Gasteiger partial charge in [0.2, 0.25) is 0 Å². The van der Waals surface area contributed by atoms with Gasteiger partial charge in [-0.05, 0) is 48.1 Å². The first kappa shape index (κ1) is 14.7. The summed E-state index contributed by atoms with van der Waals surface area (Å²) in [6, 6.07) is 5.92. The second-order valence-electron chi connectivity index (χ2n) is 5.64. The third kappa shape index (κ3) is 3.04. The molecule has 0 radical (unpaired) electrons. The fourth-order valence-electron chi connectivity index (χ4n) is 3.17. The third-order valence-electron chi connectivity index (χ3n) is 4.29. The molecule has 3 heteroatoms. The van der Waals surface area contributed by atoms with Crippen LogP contribution < -0.4 is 0 Å². The van der Waals surface area contributed by atoms with E-state index in [1.165, 1.54) is 17.7 Å². The van der Waals surface area contributed by atoms with Crippen LogP contribution in [0.3, 0.4) is 0 Å². The zero-order chi connectivity index (χ0) is 14.8. The van der Waals surface area contributed by atoms with Gasteiger partial charge in [0.1, 0.15) is 0 Å². The summed E-state index contributed by atoms with van der Waals surface area (Å²) >= 11 is 12.1. The van der Waals surface area contributed by atoms with E-state index in [-0.39, 0.29) is 0 Å². The van der Waals surface area contributed by atoms with Crippen LogP contribution >= 0.6 is 23.2 Å². The van der Waals surface area contributed by atoms with Gasteiger partial charge in [0, 0.05) is 18.8 Å². The lowest BCUT2D eigenvalue weighted by molar-refractivity contribution is 0.341. The van der Waals surface area contributed by atoms with Crippen LogP contribution in [0.2, 0.25) is 10.0 Å². The molecule has 21 heavy (non-hydrogen) atoms. The molecule has 0 bridgehead atoms. The van der Waals surface area contributed by atoms with Gasteiger partial charge in [-0.15, -0.1) is 0 Å². The van der Waals surface area contributed by atoms with Crippen LogP contribution in [0.15, 0.2) is 53.8 Å². The lowest BCUT2D eigenvalue weighted by Gasteiger charge is -2.22. The maximum atomic E-state index is 6.13. The van der Waals surface area contributed by atoms with Crippen molar-refractivity contribution in [2.24, 2.45) is 5.92 Å². The Labute approximate surface area is 136 Å². The van der Waals surface area contributed by atoms with Crippen molar-refractivity contribution in [3.05, 3.63) is 69.4 Å². The van der Waals surface area contributed by atoms with Gasteiger partial charge in [0.05, 0.1) is 10.0 Å². The minimum Gasteiger partial charge on any atom is -0.367 e. The van der Waals surface area contributed by atoms with E-state index in [1.54, 1.807) is 5.57 Å². The number of hydrogen-bond donors (Lipinski definition) is 0. The number of rotatable bonds is 3. The molecule has 1 aliphatic heterocycles. The molecule has 0 saturated heterocycles. The molecule has 0 fully saturated rings. The van der Waals surface area contributed by atoms with Crippen molar-refractivity contribution >= 4 is 23.2 Å². The molecule has 1 nitrogen and oxygen atoms in total. The van der Waals surface area contributed by atoms with Crippen LogP contribution in [0.25, 0.3) is 0 Å². The minimum atomic E-state index is 0.617. The van der Waals surface area contributed by atoms with Crippen LogP contribution in [0.5, 0.6) is 0 Å². The van der Waals surface area contributed by atoms with Gasteiger partial charge in [-0.1, -0.05) is 54.4 Å². The summed E-state index contributed by atoms with van der Waals surface area (Å²) in [6.07, 6.45) is 11.0. The van der Waals surface area contributed by atoms with E-state index in [0.29, 0.717) is 16.0 Å². The summed E-state index contributed by atoms with van der Waals surface area (Å²) in [6.45, 7) is 4.26. The molecule has 1 aromatic rings. The lowest BCUT2D eigenvalue weighted by atomic mass is 9.96. The fourth-order valence-corrected chi connectivity index (χ4v) is 3.50. The van der Waals surface area contributed by atoms with Crippen LogP contribution in [-0.4, -0.2) is 11.4 Å². The summed E-state index contributed by atoms with van der Waals surface area (Å²) in [5, 5.41) is 1.25. The first-order valence-electron chi connectivity index (χ1n) is 7.44. The molecule has 3 rings (SSSR count). The van der Waals surface area contributed by atoms with Gasteiger partial charge in [-0.2, -0.15) is 0 Å².